The van der Waals surface area contributed by atoms with E-state index in [2.05, 4.69) is 0 Å². The smallest absolute Gasteiger partial charge is 0.458 e. The summed E-state index contributed by atoms with van der Waals surface area (Å²) in [5.74, 6) is -0.768. The van der Waals surface area contributed by atoms with E-state index in [0.29, 0.717) is 5.56 Å². The molecule has 0 bridgehead atoms. The fourth-order valence-corrected chi connectivity index (χ4v) is 2.95. The first-order chi connectivity index (χ1) is 19.8. The molecule has 1 rings (SSSR count). The minimum absolute atomic E-state index is 0.0140. The maximum absolute atomic E-state index is 12.7. The van der Waals surface area contributed by atoms with Crippen LogP contribution in [0.25, 0.3) is 0 Å². The van der Waals surface area contributed by atoms with Crippen LogP contribution in [0, 0.1) is 16.7 Å². The zero-order valence-electron chi connectivity index (χ0n) is 27.1. The zero-order chi connectivity index (χ0) is 33.0. The molecule has 1 aromatic carbocycles. The molecule has 0 aliphatic rings. The Morgan fingerprint density at radius 2 is 1.26 bits per heavy atom. The van der Waals surface area contributed by atoms with Crippen LogP contribution >= 0.6 is 0 Å². The van der Waals surface area contributed by atoms with Crippen LogP contribution in [-0.2, 0) is 34.9 Å². The molecule has 0 heterocycles. The third kappa shape index (κ3) is 16.0. The molecule has 2 N–H and O–H groups in total. The van der Waals surface area contributed by atoms with Crippen LogP contribution in [0.15, 0.2) is 18.2 Å². The van der Waals surface area contributed by atoms with Crippen LogP contribution in [0.3, 0.4) is 0 Å². The highest BCUT2D eigenvalue weighted by molar-refractivity contribution is 5.76. The van der Waals surface area contributed by atoms with Gasteiger partial charge in [-0.1, -0.05) is 67.9 Å². The minimum Gasteiger partial charge on any atom is -0.458 e. The van der Waals surface area contributed by atoms with E-state index < -0.39 is 42.7 Å². The summed E-state index contributed by atoms with van der Waals surface area (Å²) in [5.41, 5.74) is 5.97. The number of esters is 1. The van der Waals surface area contributed by atoms with E-state index in [-0.39, 0.29) is 54.5 Å². The van der Waals surface area contributed by atoms with Gasteiger partial charge in [0.05, 0.1) is 19.8 Å². The molecule has 0 saturated heterocycles. The molecule has 0 aliphatic carbocycles. The van der Waals surface area contributed by atoms with Crippen molar-refractivity contribution in [2.24, 2.45) is 22.5 Å². The van der Waals surface area contributed by atoms with E-state index in [0.717, 1.165) is 6.42 Å². The lowest BCUT2D eigenvalue weighted by Gasteiger charge is -2.22. The second-order valence-corrected chi connectivity index (χ2v) is 13.0. The molecule has 4 atom stereocenters. The standard InChI is InChI=1S/C31H49NO11/c1-11-19(2)16-37-27(34)41-21(4)20(3)40-26(33)23(32)14-22-12-13-24(42-28(35)38-17-30(5,6)7)25(15-22)43-29(36)39-18-31(8,9)10/h12-13,15,19-21,23H,11,14,16-18,32H2,1-10H3/t19?,20-,21-,23-/m0/s1. The quantitative estimate of drug-likeness (QED) is 0.153. The Morgan fingerprint density at radius 1 is 0.744 bits per heavy atom. The number of nitrogens with two attached hydrogens (primary N) is 1. The summed E-state index contributed by atoms with van der Waals surface area (Å²) in [6, 6.07) is 3.23. The number of ether oxygens (including phenoxy) is 7. The van der Waals surface area contributed by atoms with Crippen molar-refractivity contribution < 1.29 is 52.3 Å². The predicted octanol–water partition coefficient (Wildman–Crippen LogP) is 6.20. The van der Waals surface area contributed by atoms with Crippen molar-refractivity contribution >= 4 is 24.4 Å². The van der Waals surface area contributed by atoms with Crippen LogP contribution in [0.4, 0.5) is 14.4 Å². The lowest BCUT2D eigenvalue weighted by Crippen LogP contribution is -2.39. The Balaban J connectivity index is 2.92. The summed E-state index contributed by atoms with van der Waals surface area (Å²) in [4.78, 5) is 49.3. The van der Waals surface area contributed by atoms with Crippen LogP contribution < -0.4 is 15.2 Å². The topological polar surface area (TPSA) is 159 Å². The maximum Gasteiger partial charge on any atom is 0.513 e. The second-order valence-electron chi connectivity index (χ2n) is 13.0. The molecule has 0 fully saturated rings. The van der Waals surface area contributed by atoms with E-state index in [9.17, 15) is 19.2 Å². The van der Waals surface area contributed by atoms with Crippen molar-refractivity contribution in [2.75, 3.05) is 19.8 Å². The number of carbonyl (C=O) groups is 4. The molecule has 0 radical (unpaired) electrons. The Bertz CT molecular complexity index is 1070. The molecular weight excluding hydrogens is 562 g/mol. The largest absolute Gasteiger partial charge is 0.513 e. The van der Waals surface area contributed by atoms with Crippen LogP contribution in [-0.4, -0.2) is 62.5 Å². The second kappa shape index (κ2) is 16.9. The van der Waals surface area contributed by atoms with Crippen LogP contribution in [0.5, 0.6) is 11.5 Å². The Kier molecular flexibility index (Phi) is 14.8. The fourth-order valence-electron chi connectivity index (χ4n) is 2.95. The van der Waals surface area contributed by atoms with Gasteiger partial charge in [-0.2, -0.15) is 0 Å². The van der Waals surface area contributed by atoms with Crippen LogP contribution in [0.1, 0.15) is 81.2 Å². The molecule has 0 spiro atoms. The molecule has 0 aromatic heterocycles. The van der Waals surface area contributed by atoms with Gasteiger partial charge in [0, 0.05) is 0 Å². The van der Waals surface area contributed by atoms with Gasteiger partial charge in [0.2, 0.25) is 0 Å². The van der Waals surface area contributed by atoms with E-state index in [4.69, 9.17) is 38.9 Å². The van der Waals surface area contributed by atoms with Crippen molar-refractivity contribution in [3.8, 4) is 11.5 Å². The number of hydrogen-bond acceptors (Lipinski definition) is 12. The van der Waals surface area contributed by atoms with E-state index in [1.54, 1.807) is 19.9 Å². The van der Waals surface area contributed by atoms with Crippen molar-refractivity contribution in [2.45, 2.75) is 100 Å². The number of rotatable bonds is 13. The SMILES string of the molecule is CCC(C)COC(=O)O[C@@H](C)[C@H](C)OC(=O)[C@@H](N)Cc1ccc(OC(=O)OCC(C)(C)C)c(OC(=O)OCC(C)(C)C)c1. The predicted molar refractivity (Wildman–Crippen MR) is 158 cm³/mol. The molecule has 12 heteroatoms. The molecule has 0 aliphatic heterocycles. The summed E-state index contributed by atoms with van der Waals surface area (Å²) in [6.07, 6.45) is -3.59. The van der Waals surface area contributed by atoms with Crippen LogP contribution in [0.2, 0.25) is 0 Å². The zero-order valence-corrected chi connectivity index (χ0v) is 27.1. The Hall–Kier alpha value is -3.54. The van der Waals surface area contributed by atoms with Gasteiger partial charge in [-0.3, -0.25) is 4.79 Å². The average molecular weight is 612 g/mol. The highest BCUT2D eigenvalue weighted by atomic mass is 16.7. The third-order valence-electron chi connectivity index (χ3n) is 5.83. The van der Waals surface area contributed by atoms with Crippen molar-refractivity contribution in [1.82, 2.24) is 0 Å². The first-order valence-corrected chi connectivity index (χ1v) is 14.4. The summed E-state index contributed by atoms with van der Waals surface area (Å²) >= 11 is 0. The van der Waals surface area contributed by atoms with Crippen molar-refractivity contribution in [3.63, 3.8) is 0 Å². The van der Waals surface area contributed by atoms with Gasteiger partial charge in [0.15, 0.2) is 11.5 Å². The summed E-state index contributed by atoms with van der Waals surface area (Å²) in [6.45, 7) is 18.8. The fraction of sp³-hybridized carbons (Fsp3) is 0.677. The summed E-state index contributed by atoms with van der Waals surface area (Å²) in [5, 5.41) is 0. The minimum atomic E-state index is -1.11. The molecule has 12 nitrogen and oxygen atoms in total. The number of carbonyl (C=O) groups excluding carboxylic acids is 4. The van der Waals surface area contributed by atoms with Crippen molar-refractivity contribution in [3.05, 3.63) is 23.8 Å². The highest BCUT2D eigenvalue weighted by Gasteiger charge is 2.26. The van der Waals surface area contributed by atoms with Gasteiger partial charge in [-0.25, -0.2) is 14.4 Å². The molecule has 1 aromatic rings. The third-order valence-corrected chi connectivity index (χ3v) is 5.83. The molecule has 0 amide bonds. The van der Waals surface area contributed by atoms with Crippen molar-refractivity contribution in [1.29, 1.82) is 0 Å². The molecule has 244 valence electrons. The Labute approximate surface area is 254 Å². The average Bonchev–Trinajstić information content (AvgIpc) is 2.89. The summed E-state index contributed by atoms with van der Waals surface area (Å²) in [7, 11) is 0. The maximum atomic E-state index is 12.7. The highest BCUT2D eigenvalue weighted by Crippen LogP contribution is 2.30. The van der Waals surface area contributed by atoms with E-state index >= 15 is 0 Å². The van der Waals surface area contributed by atoms with Gasteiger partial charge in [-0.05, 0) is 54.7 Å². The lowest BCUT2D eigenvalue weighted by molar-refractivity contribution is -0.155. The Morgan fingerprint density at radius 3 is 1.77 bits per heavy atom. The van der Waals surface area contributed by atoms with E-state index in [1.807, 2.05) is 55.4 Å². The normalized spacial score (nSPS) is 14.4. The van der Waals surface area contributed by atoms with Gasteiger partial charge in [0.25, 0.3) is 0 Å². The lowest BCUT2D eigenvalue weighted by atomic mass is 9.99. The number of benzene rings is 1. The monoisotopic (exact) mass is 611 g/mol. The molecule has 0 saturated carbocycles. The first kappa shape index (κ1) is 37.5. The summed E-state index contributed by atoms with van der Waals surface area (Å²) < 4.78 is 36.6. The van der Waals surface area contributed by atoms with Gasteiger partial charge < -0.3 is 38.9 Å². The molecule has 43 heavy (non-hydrogen) atoms. The van der Waals surface area contributed by atoms with E-state index in [1.165, 1.54) is 12.1 Å². The molecular formula is C31H49NO11. The first-order valence-electron chi connectivity index (χ1n) is 14.4. The van der Waals surface area contributed by atoms with Gasteiger partial charge in [-0.15, -0.1) is 0 Å². The number of hydrogen-bond donors (Lipinski definition) is 1. The molecule has 1 unspecified atom stereocenters. The van der Waals surface area contributed by atoms with Gasteiger partial charge >= 0.3 is 24.4 Å². The van der Waals surface area contributed by atoms with Gasteiger partial charge in [0.1, 0.15) is 18.2 Å².